The van der Waals surface area contributed by atoms with Crippen LogP contribution in [-0.4, -0.2) is 31.7 Å². The summed E-state index contributed by atoms with van der Waals surface area (Å²) < 4.78 is 26.9. The molecule has 26 heavy (non-hydrogen) atoms. The number of rotatable bonds is 5. The first-order valence-corrected chi connectivity index (χ1v) is 11.1. The molecule has 5 nitrogen and oxygen atoms in total. The van der Waals surface area contributed by atoms with E-state index in [1.807, 2.05) is 26.0 Å². The average Bonchev–Trinajstić information content (AvgIpc) is 3.16. The maximum atomic E-state index is 12.5. The van der Waals surface area contributed by atoms with Crippen molar-refractivity contribution in [1.82, 2.24) is 9.62 Å². The molecule has 1 fully saturated rings. The van der Waals surface area contributed by atoms with Crippen LogP contribution in [0.4, 0.5) is 0 Å². The molecule has 0 unspecified atom stereocenters. The van der Waals surface area contributed by atoms with Crippen molar-refractivity contribution < 1.29 is 13.2 Å². The van der Waals surface area contributed by atoms with Gasteiger partial charge in [-0.3, -0.25) is 4.79 Å². The Labute approximate surface area is 159 Å². The zero-order valence-corrected chi connectivity index (χ0v) is 16.7. The molecule has 1 saturated heterocycles. The summed E-state index contributed by atoms with van der Waals surface area (Å²) in [5, 5.41) is 4.77. The van der Waals surface area contributed by atoms with Gasteiger partial charge in [-0.25, -0.2) is 8.42 Å². The molecule has 2 heterocycles. The SMILES string of the molecule is Cc1ccc(CNC(=O)C2CCN(S(=O)(=O)c3cccs3)CC2)c(C)c1. The summed E-state index contributed by atoms with van der Waals surface area (Å²) in [6, 6.07) is 9.56. The number of piperidine rings is 1. The smallest absolute Gasteiger partial charge is 0.252 e. The number of aryl methyl sites for hydroxylation is 2. The molecule has 1 amide bonds. The quantitative estimate of drug-likeness (QED) is 0.850. The van der Waals surface area contributed by atoms with Gasteiger partial charge in [-0.2, -0.15) is 4.31 Å². The van der Waals surface area contributed by atoms with Crippen LogP contribution in [-0.2, 0) is 21.4 Å². The molecule has 0 aliphatic carbocycles. The van der Waals surface area contributed by atoms with Crippen molar-refractivity contribution in [3.05, 3.63) is 52.4 Å². The summed E-state index contributed by atoms with van der Waals surface area (Å²) in [7, 11) is -3.41. The summed E-state index contributed by atoms with van der Waals surface area (Å²) in [6.07, 6.45) is 1.12. The van der Waals surface area contributed by atoms with Crippen LogP contribution < -0.4 is 5.32 Å². The van der Waals surface area contributed by atoms with Crippen molar-refractivity contribution in [3.8, 4) is 0 Å². The van der Waals surface area contributed by atoms with E-state index in [1.165, 1.54) is 26.8 Å². The van der Waals surface area contributed by atoms with Crippen LogP contribution in [0.1, 0.15) is 29.5 Å². The van der Waals surface area contributed by atoms with Crippen LogP contribution in [0.2, 0.25) is 0 Å². The Balaban J connectivity index is 1.54. The van der Waals surface area contributed by atoms with Crippen LogP contribution >= 0.6 is 11.3 Å². The molecular weight excluding hydrogens is 368 g/mol. The monoisotopic (exact) mass is 392 g/mol. The Bertz CT molecular complexity index is 868. The summed E-state index contributed by atoms with van der Waals surface area (Å²) in [5.74, 6) is -0.117. The number of nitrogens with one attached hydrogen (secondary N) is 1. The van der Waals surface area contributed by atoms with E-state index in [0.29, 0.717) is 36.7 Å². The predicted octanol–water partition coefficient (Wildman–Crippen LogP) is 3.08. The number of carbonyl (C=O) groups excluding carboxylic acids is 1. The van der Waals surface area contributed by atoms with Gasteiger partial charge in [0.1, 0.15) is 4.21 Å². The lowest BCUT2D eigenvalue weighted by molar-refractivity contribution is -0.126. The van der Waals surface area contributed by atoms with Crippen molar-refractivity contribution in [3.63, 3.8) is 0 Å². The highest BCUT2D eigenvalue weighted by atomic mass is 32.2. The van der Waals surface area contributed by atoms with E-state index in [2.05, 4.69) is 11.4 Å². The minimum Gasteiger partial charge on any atom is -0.352 e. The van der Waals surface area contributed by atoms with Gasteiger partial charge < -0.3 is 5.32 Å². The van der Waals surface area contributed by atoms with Crippen molar-refractivity contribution in [2.24, 2.45) is 5.92 Å². The maximum absolute atomic E-state index is 12.5. The molecule has 1 aliphatic heterocycles. The zero-order valence-electron chi connectivity index (χ0n) is 15.1. The number of carbonyl (C=O) groups is 1. The second-order valence-electron chi connectivity index (χ2n) is 6.76. The maximum Gasteiger partial charge on any atom is 0.252 e. The second-order valence-corrected chi connectivity index (χ2v) is 9.87. The van der Waals surface area contributed by atoms with Crippen LogP contribution in [0.3, 0.4) is 0 Å². The zero-order chi connectivity index (χ0) is 18.7. The molecule has 3 rings (SSSR count). The molecule has 2 aromatic rings. The highest BCUT2D eigenvalue weighted by molar-refractivity contribution is 7.91. The molecule has 0 saturated carbocycles. The summed E-state index contributed by atoms with van der Waals surface area (Å²) >= 11 is 1.23. The number of sulfonamides is 1. The number of amides is 1. The topological polar surface area (TPSA) is 66.5 Å². The summed E-state index contributed by atoms with van der Waals surface area (Å²) in [6.45, 7) is 5.39. The van der Waals surface area contributed by atoms with E-state index < -0.39 is 10.0 Å². The third-order valence-electron chi connectivity index (χ3n) is 4.87. The molecule has 7 heteroatoms. The van der Waals surface area contributed by atoms with Gasteiger partial charge in [-0.05, 0) is 49.3 Å². The predicted molar refractivity (Wildman–Crippen MR) is 104 cm³/mol. The van der Waals surface area contributed by atoms with E-state index in [1.54, 1.807) is 17.5 Å². The third-order valence-corrected chi connectivity index (χ3v) is 8.14. The largest absolute Gasteiger partial charge is 0.352 e. The molecule has 1 aromatic carbocycles. The van der Waals surface area contributed by atoms with Crippen LogP contribution in [0.5, 0.6) is 0 Å². The van der Waals surface area contributed by atoms with Gasteiger partial charge in [-0.1, -0.05) is 29.8 Å². The lowest BCUT2D eigenvalue weighted by Gasteiger charge is -2.30. The number of hydrogen-bond acceptors (Lipinski definition) is 4. The fraction of sp³-hybridized carbons (Fsp3) is 0.421. The van der Waals surface area contributed by atoms with E-state index >= 15 is 0 Å². The standard InChI is InChI=1S/C19H24N2O3S2/c1-14-5-6-17(15(2)12-14)13-20-19(22)16-7-9-21(10-8-16)26(23,24)18-4-3-11-25-18/h3-6,11-12,16H,7-10,13H2,1-2H3,(H,20,22). The molecule has 0 spiro atoms. The number of thiophene rings is 1. The fourth-order valence-corrected chi connectivity index (χ4v) is 5.88. The van der Waals surface area contributed by atoms with Gasteiger partial charge in [0, 0.05) is 25.6 Å². The molecule has 1 aromatic heterocycles. The molecule has 140 valence electrons. The fourth-order valence-electron chi connectivity index (χ4n) is 3.27. The summed E-state index contributed by atoms with van der Waals surface area (Å²) in [4.78, 5) is 12.5. The third kappa shape index (κ3) is 4.16. The number of nitrogens with zero attached hydrogens (tertiary/aromatic N) is 1. The van der Waals surface area contributed by atoms with Crippen LogP contribution in [0.15, 0.2) is 39.9 Å². The van der Waals surface area contributed by atoms with Gasteiger partial charge in [0.2, 0.25) is 5.91 Å². The lowest BCUT2D eigenvalue weighted by atomic mass is 9.97. The molecule has 1 N–H and O–H groups in total. The number of hydrogen-bond donors (Lipinski definition) is 1. The Morgan fingerprint density at radius 1 is 1.23 bits per heavy atom. The van der Waals surface area contributed by atoms with Crippen molar-refractivity contribution in [2.75, 3.05) is 13.1 Å². The van der Waals surface area contributed by atoms with Crippen LogP contribution in [0, 0.1) is 19.8 Å². The number of benzene rings is 1. The van der Waals surface area contributed by atoms with Gasteiger partial charge in [0.25, 0.3) is 10.0 Å². The van der Waals surface area contributed by atoms with E-state index in [4.69, 9.17) is 0 Å². The minimum absolute atomic E-state index is 0.0122. The Morgan fingerprint density at radius 2 is 1.96 bits per heavy atom. The van der Waals surface area contributed by atoms with Crippen molar-refractivity contribution in [1.29, 1.82) is 0 Å². The first-order chi connectivity index (χ1) is 12.4. The van der Waals surface area contributed by atoms with E-state index in [-0.39, 0.29) is 11.8 Å². The van der Waals surface area contributed by atoms with Crippen LogP contribution in [0.25, 0.3) is 0 Å². The molecule has 0 radical (unpaired) electrons. The Hall–Kier alpha value is -1.70. The van der Waals surface area contributed by atoms with E-state index in [9.17, 15) is 13.2 Å². The second kappa shape index (κ2) is 7.90. The van der Waals surface area contributed by atoms with Gasteiger partial charge in [0.05, 0.1) is 0 Å². The van der Waals surface area contributed by atoms with Crippen molar-refractivity contribution in [2.45, 2.75) is 37.4 Å². The molecular formula is C19H24N2O3S2. The highest BCUT2D eigenvalue weighted by Crippen LogP contribution is 2.26. The van der Waals surface area contributed by atoms with Gasteiger partial charge in [-0.15, -0.1) is 11.3 Å². The van der Waals surface area contributed by atoms with Gasteiger partial charge >= 0.3 is 0 Å². The first-order valence-electron chi connectivity index (χ1n) is 8.75. The Morgan fingerprint density at radius 3 is 2.58 bits per heavy atom. The first kappa shape index (κ1) is 19.1. The lowest BCUT2D eigenvalue weighted by Crippen LogP contribution is -2.42. The average molecular weight is 393 g/mol. The van der Waals surface area contributed by atoms with Gasteiger partial charge in [0.15, 0.2) is 0 Å². The molecule has 0 atom stereocenters. The molecule has 1 aliphatic rings. The summed E-state index contributed by atoms with van der Waals surface area (Å²) in [5.41, 5.74) is 3.49. The van der Waals surface area contributed by atoms with E-state index in [0.717, 1.165) is 5.56 Å². The normalized spacial score (nSPS) is 16.5. The molecule has 0 bridgehead atoms. The Kier molecular flexibility index (Phi) is 5.79. The van der Waals surface area contributed by atoms with Crippen molar-refractivity contribution >= 4 is 27.3 Å². The minimum atomic E-state index is -3.41. The highest BCUT2D eigenvalue weighted by Gasteiger charge is 2.32.